The van der Waals surface area contributed by atoms with Gasteiger partial charge in [0.2, 0.25) is 5.91 Å². The number of hydrogen-bond donors (Lipinski definition) is 0. The number of amides is 1. The molecule has 80 valence electrons. The van der Waals surface area contributed by atoms with Gasteiger partial charge in [-0.1, -0.05) is 0 Å². The molecule has 1 amide bonds. The summed E-state index contributed by atoms with van der Waals surface area (Å²) in [6.45, 7) is 5.88. The summed E-state index contributed by atoms with van der Waals surface area (Å²) in [5.74, 6) is 0.0572. The number of thiocarbonyl (C=S) groups is 1. The van der Waals surface area contributed by atoms with E-state index >= 15 is 0 Å². The Kier molecular flexibility index (Phi) is 2.01. The van der Waals surface area contributed by atoms with Crippen LogP contribution in [0.15, 0.2) is 12.3 Å². The SMILES string of the molecule is Cc1ccn2c1C(C)(C)C(=O)N(C)C2=S. The fourth-order valence-corrected chi connectivity index (χ4v) is 2.49. The van der Waals surface area contributed by atoms with E-state index in [0.29, 0.717) is 5.11 Å². The number of nitrogens with zero attached hydrogens (tertiary/aromatic N) is 2. The molecule has 1 aromatic rings. The molecule has 0 fully saturated rings. The predicted octanol–water partition coefficient (Wildman–Crippen LogP) is 1.68. The molecule has 0 atom stereocenters. The second kappa shape index (κ2) is 2.92. The highest BCUT2D eigenvalue weighted by Gasteiger charge is 2.42. The smallest absolute Gasteiger partial charge is 0.240 e. The van der Waals surface area contributed by atoms with Crippen LogP contribution in [0.2, 0.25) is 0 Å². The Balaban J connectivity index is 2.74. The second-order valence-corrected chi connectivity index (χ2v) is 4.85. The van der Waals surface area contributed by atoms with Gasteiger partial charge in [0.15, 0.2) is 5.11 Å². The number of hydrogen-bond acceptors (Lipinski definition) is 2. The van der Waals surface area contributed by atoms with Gasteiger partial charge in [0.1, 0.15) is 0 Å². The second-order valence-electron chi connectivity index (χ2n) is 4.49. The summed E-state index contributed by atoms with van der Waals surface area (Å²) in [4.78, 5) is 13.6. The van der Waals surface area contributed by atoms with Gasteiger partial charge in [0.25, 0.3) is 0 Å². The Morgan fingerprint density at radius 3 is 2.60 bits per heavy atom. The van der Waals surface area contributed by atoms with E-state index < -0.39 is 5.41 Å². The number of rotatable bonds is 0. The average Bonchev–Trinajstić information content (AvgIpc) is 2.55. The molecule has 15 heavy (non-hydrogen) atoms. The topological polar surface area (TPSA) is 25.2 Å². The molecule has 0 saturated carbocycles. The monoisotopic (exact) mass is 222 g/mol. The molecule has 0 unspecified atom stereocenters. The molecular weight excluding hydrogens is 208 g/mol. The zero-order chi connectivity index (χ0) is 11.4. The van der Waals surface area contributed by atoms with Gasteiger partial charge in [-0.2, -0.15) is 0 Å². The van der Waals surface area contributed by atoms with Crippen molar-refractivity contribution in [1.29, 1.82) is 0 Å². The zero-order valence-electron chi connectivity index (χ0n) is 9.37. The summed E-state index contributed by atoms with van der Waals surface area (Å²) in [6, 6.07) is 2.00. The number of aryl methyl sites for hydroxylation is 1. The lowest BCUT2D eigenvalue weighted by atomic mass is 9.84. The molecule has 0 N–H and O–H groups in total. The molecule has 2 rings (SSSR count). The largest absolute Gasteiger partial charge is 0.296 e. The first-order valence-electron chi connectivity index (χ1n) is 4.88. The van der Waals surface area contributed by atoms with Gasteiger partial charge in [-0.3, -0.25) is 14.3 Å². The fourth-order valence-electron chi connectivity index (χ4n) is 2.25. The maximum Gasteiger partial charge on any atom is 0.240 e. The standard InChI is InChI=1S/C11H14N2OS/c1-7-5-6-13-8(7)11(2,3)9(14)12(4)10(13)15/h5-6H,1-4H3. The van der Waals surface area contributed by atoms with Crippen LogP contribution < -0.4 is 0 Å². The minimum absolute atomic E-state index is 0.0572. The van der Waals surface area contributed by atoms with E-state index in [-0.39, 0.29) is 5.91 Å². The number of carbonyl (C=O) groups is 1. The maximum absolute atomic E-state index is 12.1. The molecule has 0 aliphatic carbocycles. The quantitative estimate of drug-likeness (QED) is 0.624. The Morgan fingerprint density at radius 2 is 2.00 bits per heavy atom. The van der Waals surface area contributed by atoms with Gasteiger partial charge >= 0.3 is 0 Å². The minimum Gasteiger partial charge on any atom is -0.296 e. The van der Waals surface area contributed by atoms with Crippen LogP contribution in [0.3, 0.4) is 0 Å². The van der Waals surface area contributed by atoms with E-state index in [0.717, 1.165) is 11.3 Å². The molecule has 1 aliphatic rings. The van der Waals surface area contributed by atoms with Crippen LogP contribution in [0.1, 0.15) is 25.1 Å². The molecule has 0 radical (unpaired) electrons. The van der Waals surface area contributed by atoms with Gasteiger partial charge in [-0.15, -0.1) is 0 Å². The number of likely N-dealkylation sites (N-methyl/N-ethyl adjacent to an activating group) is 1. The summed E-state index contributed by atoms with van der Waals surface area (Å²) in [7, 11) is 1.73. The highest BCUT2D eigenvalue weighted by molar-refractivity contribution is 7.80. The third-order valence-corrected chi connectivity index (χ3v) is 3.48. The van der Waals surface area contributed by atoms with Crippen molar-refractivity contribution in [3.63, 3.8) is 0 Å². The zero-order valence-corrected chi connectivity index (χ0v) is 10.2. The van der Waals surface area contributed by atoms with Crippen LogP contribution in [0.4, 0.5) is 0 Å². The van der Waals surface area contributed by atoms with Crippen molar-refractivity contribution in [2.24, 2.45) is 0 Å². The van der Waals surface area contributed by atoms with Crippen molar-refractivity contribution in [1.82, 2.24) is 9.47 Å². The highest BCUT2D eigenvalue weighted by atomic mass is 32.1. The van der Waals surface area contributed by atoms with Crippen molar-refractivity contribution in [2.75, 3.05) is 7.05 Å². The van der Waals surface area contributed by atoms with Gasteiger partial charge in [0, 0.05) is 18.9 Å². The Morgan fingerprint density at radius 1 is 1.40 bits per heavy atom. The molecule has 3 nitrogen and oxygen atoms in total. The van der Waals surface area contributed by atoms with E-state index in [1.807, 2.05) is 37.6 Å². The third-order valence-electron chi connectivity index (χ3n) is 3.01. The number of carbonyl (C=O) groups excluding carboxylic acids is 1. The molecule has 1 aromatic heterocycles. The summed E-state index contributed by atoms with van der Waals surface area (Å²) in [5.41, 5.74) is 1.63. The van der Waals surface area contributed by atoms with Crippen LogP contribution in [0, 0.1) is 6.92 Å². The molecule has 1 aliphatic heterocycles. The molecule has 0 spiro atoms. The van der Waals surface area contributed by atoms with Gasteiger partial charge in [-0.05, 0) is 44.6 Å². The summed E-state index contributed by atoms with van der Waals surface area (Å²) in [6.07, 6.45) is 1.93. The lowest BCUT2D eigenvalue weighted by Gasteiger charge is -2.37. The first-order valence-corrected chi connectivity index (χ1v) is 5.29. The minimum atomic E-state index is -0.495. The number of aromatic nitrogens is 1. The van der Waals surface area contributed by atoms with Crippen molar-refractivity contribution in [2.45, 2.75) is 26.2 Å². The van der Waals surface area contributed by atoms with Crippen LogP contribution in [-0.4, -0.2) is 27.5 Å². The van der Waals surface area contributed by atoms with E-state index in [4.69, 9.17) is 12.2 Å². The molecule has 0 saturated heterocycles. The fraction of sp³-hybridized carbons (Fsp3) is 0.455. The van der Waals surface area contributed by atoms with Gasteiger partial charge in [-0.25, -0.2) is 0 Å². The van der Waals surface area contributed by atoms with Crippen molar-refractivity contribution in [3.05, 3.63) is 23.5 Å². The Labute approximate surface area is 94.7 Å². The van der Waals surface area contributed by atoms with E-state index in [1.165, 1.54) is 0 Å². The van der Waals surface area contributed by atoms with Crippen molar-refractivity contribution < 1.29 is 4.79 Å². The highest BCUT2D eigenvalue weighted by Crippen LogP contribution is 2.33. The van der Waals surface area contributed by atoms with E-state index in [9.17, 15) is 4.79 Å². The molecule has 4 heteroatoms. The van der Waals surface area contributed by atoms with Gasteiger partial charge in [0.05, 0.1) is 5.41 Å². The molecule has 0 bridgehead atoms. The van der Waals surface area contributed by atoms with Crippen LogP contribution in [-0.2, 0) is 10.2 Å². The lowest BCUT2D eigenvalue weighted by Crippen LogP contribution is -2.52. The van der Waals surface area contributed by atoms with Crippen LogP contribution >= 0.6 is 12.2 Å². The van der Waals surface area contributed by atoms with E-state index in [2.05, 4.69) is 0 Å². The lowest BCUT2D eigenvalue weighted by molar-refractivity contribution is -0.132. The molecule has 2 heterocycles. The Hall–Kier alpha value is -1.16. The van der Waals surface area contributed by atoms with Crippen molar-refractivity contribution in [3.8, 4) is 0 Å². The van der Waals surface area contributed by atoms with E-state index in [1.54, 1.807) is 11.9 Å². The first-order chi connectivity index (χ1) is 6.87. The average molecular weight is 222 g/mol. The van der Waals surface area contributed by atoms with Crippen LogP contribution in [0.5, 0.6) is 0 Å². The third kappa shape index (κ3) is 1.17. The predicted molar refractivity (Wildman–Crippen MR) is 63.0 cm³/mol. The normalized spacial score (nSPS) is 19.3. The van der Waals surface area contributed by atoms with Gasteiger partial charge < -0.3 is 0 Å². The first kappa shape index (κ1) is 10.4. The Bertz CT molecular complexity index is 459. The summed E-state index contributed by atoms with van der Waals surface area (Å²) < 4.78 is 1.92. The molecular formula is C11H14N2OS. The van der Waals surface area contributed by atoms with Crippen molar-refractivity contribution >= 4 is 23.2 Å². The molecule has 0 aromatic carbocycles. The number of fused-ring (bicyclic) bond motifs is 1. The summed E-state index contributed by atoms with van der Waals surface area (Å²) >= 11 is 5.24. The summed E-state index contributed by atoms with van der Waals surface area (Å²) in [5, 5.41) is 0.558. The maximum atomic E-state index is 12.1. The van der Waals surface area contributed by atoms with Crippen LogP contribution in [0.25, 0.3) is 0 Å².